The zero-order valence-corrected chi connectivity index (χ0v) is 21.1. The van der Waals surface area contributed by atoms with E-state index in [0.717, 1.165) is 10.9 Å². The number of nitrogens with zero attached hydrogens (tertiary/aromatic N) is 1. The Hall–Kier alpha value is -3.85. The lowest BCUT2D eigenvalue weighted by Crippen LogP contribution is -2.17. The van der Waals surface area contributed by atoms with Gasteiger partial charge in [-0.1, -0.05) is 22.9 Å². The normalized spacial score (nSPS) is 10.6. The van der Waals surface area contributed by atoms with Gasteiger partial charge in [0, 0.05) is 15.6 Å². The highest BCUT2D eigenvalue weighted by Gasteiger charge is 2.15. The molecule has 9 heteroatoms. The lowest BCUT2D eigenvalue weighted by atomic mass is 10.2. The quantitative estimate of drug-likeness (QED) is 0.163. The van der Waals surface area contributed by atoms with E-state index in [1.807, 2.05) is 6.92 Å². The van der Waals surface area contributed by atoms with Crippen LogP contribution in [0, 0.1) is 0 Å². The number of methoxy groups -OCH3 is 2. The van der Waals surface area contributed by atoms with E-state index in [1.165, 1.54) is 26.5 Å². The summed E-state index contributed by atoms with van der Waals surface area (Å²) in [5.74, 6) is 0.900. The second-order valence-electron chi connectivity index (χ2n) is 7.21. The van der Waals surface area contributed by atoms with E-state index in [0.29, 0.717) is 35.0 Å². The number of hydrazone groups is 1. The first-order chi connectivity index (χ1) is 16.9. The van der Waals surface area contributed by atoms with Gasteiger partial charge in [0.15, 0.2) is 11.5 Å². The first-order valence-electron chi connectivity index (χ1n) is 10.7. The second kappa shape index (κ2) is 12.6. The van der Waals surface area contributed by atoms with Crippen LogP contribution < -0.4 is 24.4 Å². The summed E-state index contributed by atoms with van der Waals surface area (Å²) in [5.41, 5.74) is 3.67. The molecular formula is C26H25BrN2O6. The Balaban J connectivity index is 1.70. The number of esters is 1. The molecule has 0 saturated heterocycles. The van der Waals surface area contributed by atoms with Crippen molar-refractivity contribution in [3.05, 3.63) is 81.8 Å². The van der Waals surface area contributed by atoms with Gasteiger partial charge in [0.05, 0.1) is 32.6 Å². The first-order valence-corrected chi connectivity index (χ1v) is 11.5. The fourth-order valence-corrected chi connectivity index (χ4v) is 3.36. The Morgan fingerprint density at radius 1 is 0.914 bits per heavy atom. The maximum Gasteiger partial charge on any atom is 0.343 e. The molecule has 0 radical (unpaired) electrons. The lowest BCUT2D eigenvalue weighted by molar-refractivity contribution is 0.0733. The first kappa shape index (κ1) is 25.8. The highest BCUT2D eigenvalue weighted by atomic mass is 79.9. The molecule has 0 fully saturated rings. The van der Waals surface area contributed by atoms with E-state index in [9.17, 15) is 9.59 Å². The maximum absolute atomic E-state index is 12.7. The summed E-state index contributed by atoms with van der Waals surface area (Å²) in [6, 6.07) is 16.6. The summed E-state index contributed by atoms with van der Waals surface area (Å²) >= 11 is 3.39. The van der Waals surface area contributed by atoms with E-state index in [1.54, 1.807) is 54.6 Å². The van der Waals surface area contributed by atoms with Crippen molar-refractivity contribution < 1.29 is 28.5 Å². The summed E-state index contributed by atoms with van der Waals surface area (Å²) in [7, 11) is 3.00. The summed E-state index contributed by atoms with van der Waals surface area (Å²) in [6.07, 6.45) is 2.30. The Kier molecular flexibility index (Phi) is 9.25. The summed E-state index contributed by atoms with van der Waals surface area (Å²) in [4.78, 5) is 25.1. The van der Waals surface area contributed by atoms with Crippen molar-refractivity contribution in [1.29, 1.82) is 0 Å². The topological polar surface area (TPSA) is 95.5 Å². The Morgan fingerprint density at radius 3 is 2.29 bits per heavy atom. The number of benzene rings is 3. The van der Waals surface area contributed by atoms with Crippen LogP contribution >= 0.6 is 15.9 Å². The van der Waals surface area contributed by atoms with Crippen LogP contribution in [0.5, 0.6) is 23.0 Å². The molecular weight excluding hydrogens is 516 g/mol. The van der Waals surface area contributed by atoms with Crippen LogP contribution in [0.3, 0.4) is 0 Å². The summed E-state index contributed by atoms with van der Waals surface area (Å²) in [6.45, 7) is 2.63. The third-order valence-electron chi connectivity index (χ3n) is 4.75. The SMILES string of the molecule is CCCOc1ccc(C(=O)NN=Cc2cc(Br)ccc2OC(=O)c2ccc(OC)c(OC)c2)cc1. The number of ether oxygens (including phenoxy) is 4. The van der Waals surface area contributed by atoms with Crippen LogP contribution in [-0.2, 0) is 0 Å². The van der Waals surface area contributed by atoms with Crippen LogP contribution in [0.4, 0.5) is 0 Å². The van der Waals surface area contributed by atoms with Gasteiger partial charge < -0.3 is 18.9 Å². The summed E-state index contributed by atoms with van der Waals surface area (Å²) in [5, 5.41) is 4.02. The smallest absolute Gasteiger partial charge is 0.343 e. The average Bonchev–Trinajstić information content (AvgIpc) is 2.88. The zero-order valence-electron chi connectivity index (χ0n) is 19.5. The monoisotopic (exact) mass is 540 g/mol. The number of hydrogen-bond donors (Lipinski definition) is 1. The number of carbonyl (C=O) groups is 2. The Bertz CT molecular complexity index is 1210. The molecule has 0 atom stereocenters. The molecule has 0 aliphatic heterocycles. The van der Waals surface area contributed by atoms with Crippen molar-refractivity contribution in [2.24, 2.45) is 5.10 Å². The fraction of sp³-hybridized carbons (Fsp3) is 0.192. The second-order valence-corrected chi connectivity index (χ2v) is 8.13. The molecule has 3 rings (SSSR count). The molecule has 8 nitrogen and oxygen atoms in total. The van der Waals surface area contributed by atoms with E-state index in [2.05, 4.69) is 26.5 Å². The summed E-state index contributed by atoms with van der Waals surface area (Å²) < 4.78 is 22.3. The van der Waals surface area contributed by atoms with Crippen LogP contribution in [-0.4, -0.2) is 38.9 Å². The lowest BCUT2D eigenvalue weighted by Gasteiger charge is -2.11. The highest BCUT2D eigenvalue weighted by Crippen LogP contribution is 2.29. The number of rotatable bonds is 10. The third kappa shape index (κ3) is 7.07. The van der Waals surface area contributed by atoms with Gasteiger partial charge in [-0.05, 0) is 67.1 Å². The van der Waals surface area contributed by atoms with Gasteiger partial charge >= 0.3 is 5.97 Å². The van der Waals surface area contributed by atoms with Gasteiger partial charge in [0.1, 0.15) is 11.5 Å². The van der Waals surface area contributed by atoms with Crippen LogP contribution in [0.15, 0.2) is 70.2 Å². The van der Waals surface area contributed by atoms with Crippen molar-refractivity contribution >= 4 is 34.0 Å². The van der Waals surface area contributed by atoms with E-state index >= 15 is 0 Å². The van der Waals surface area contributed by atoms with Crippen molar-refractivity contribution in [2.45, 2.75) is 13.3 Å². The zero-order chi connectivity index (χ0) is 25.2. The fourth-order valence-electron chi connectivity index (χ4n) is 2.98. The van der Waals surface area contributed by atoms with Crippen LogP contribution in [0.1, 0.15) is 39.6 Å². The van der Waals surface area contributed by atoms with Gasteiger partial charge in [-0.3, -0.25) is 4.79 Å². The predicted molar refractivity (Wildman–Crippen MR) is 136 cm³/mol. The Labute approximate surface area is 212 Å². The predicted octanol–water partition coefficient (Wildman–Crippen LogP) is 5.24. The van der Waals surface area contributed by atoms with Gasteiger partial charge in [-0.15, -0.1) is 0 Å². The third-order valence-corrected chi connectivity index (χ3v) is 5.25. The van der Waals surface area contributed by atoms with Crippen molar-refractivity contribution in [2.75, 3.05) is 20.8 Å². The molecule has 0 saturated carbocycles. The molecule has 0 bridgehead atoms. The van der Waals surface area contributed by atoms with Crippen molar-refractivity contribution in [1.82, 2.24) is 5.43 Å². The molecule has 0 unspecified atom stereocenters. The number of halogens is 1. The molecule has 3 aromatic carbocycles. The van der Waals surface area contributed by atoms with Crippen LogP contribution in [0.25, 0.3) is 0 Å². The minimum Gasteiger partial charge on any atom is -0.494 e. The number of nitrogens with one attached hydrogen (secondary N) is 1. The van der Waals surface area contributed by atoms with Gasteiger partial charge in [-0.25, -0.2) is 10.2 Å². The van der Waals surface area contributed by atoms with E-state index < -0.39 is 5.97 Å². The number of carbonyl (C=O) groups excluding carboxylic acids is 2. The molecule has 0 aromatic heterocycles. The molecule has 35 heavy (non-hydrogen) atoms. The molecule has 1 N–H and O–H groups in total. The van der Waals surface area contributed by atoms with Gasteiger partial charge in [0.2, 0.25) is 0 Å². The van der Waals surface area contributed by atoms with Gasteiger partial charge in [-0.2, -0.15) is 5.10 Å². The number of hydrogen-bond acceptors (Lipinski definition) is 7. The number of amides is 1. The average molecular weight is 541 g/mol. The van der Waals surface area contributed by atoms with Crippen molar-refractivity contribution in [3.8, 4) is 23.0 Å². The molecule has 182 valence electrons. The maximum atomic E-state index is 12.7. The van der Waals surface area contributed by atoms with Crippen LogP contribution in [0.2, 0.25) is 0 Å². The Morgan fingerprint density at radius 2 is 1.60 bits per heavy atom. The van der Waals surface area contributed by atoms with Crippen molar-refractivity contribution in [3.63, 3.8) is 0 Å². The molecule has 0 spiro atoms. The van der Waals surface area contributed by atoms with E-state index in [-0.39, 0.29) is 17.2 Å². The molecule has 0 aliphatic carbocycles. The minimum absolute atomic E-state index is 0.267. The minimum atomic E-state index is -0.586. The highest BCUT2D eigenvalue weighted by molar-refractivity contribution is 9.10. The largest absolute Gasteiger partial charge is 0.494 e. The molecule has 0 heterocycles. The molecule has 1 amide bonds. The standard InChI is InChI=1S/C26H25BrN2O6/c1-4-13-34-21-9-5-17(6-10-21)25(30)29-28-16-19-14-20(27)8-12-22(19)35-26(31)18-7-11-23(32-2)24(15-18)33-3/h5-12,14-16H,4,13H2,1-3H3,(H,29,30). The van der Waals surface area contributed by atoms with Gasteiger partial charge in [0.25, 0.3) is 5.91 Å². The molecule has 0 aliphatic rings. The van der Waals surface area contributed by atoms with E-state index in [4.69, 9.17) is 18.9 Å². The molecule has 3 aromatic rings.